The summed E-state index contributed by atoms with van der Waals surface area (Å²) in [6.45, 7) is 6.55. The Labute approximate surface area is 192 Å². The molecule has 172 valence electrons. The summed E-state index contributed by atoms with van der Waals surface area (Å²) in [5.41, 5.74) is 1.12. The number of rotatable bonds is 8. The Morgan fingerprint density at radius 1 is 1.15 bits per heavy atom. The van der Waals surface area contributed by atoms with Crippen LogP contribution in [0.25, 0.3) is 17.0 Å². The maximum absolute atomic E-state index is 13.2. The minimum absolute atomic E-state index is 0.00560. The van der Waals surface area contributed by atoms with Gasteiger partial charge in [0.2, 0.25) is 5.91 Å². The summed E-state index contributed by atoms with van der Waals surface area (Å²) in [5, 5.41) is 11.4. The molecule has 8 heteroatoms. The quantitative estimate of drug-likeness (QED) is 0.287. The van der Waals surface area contributed by atoms with Crippen LogP contribution in [0.3, 0.4) is 0 Å². The summed E-state index contributed by atoms with van der Waals surface area (Å²) in [5.74, 6) is 0.683. The number of non-ortho nitro benzene ring substituents is 1. The van der Waals surface area contributed by atoms with Crippen molar-refractivity contribution in [2.24, 2.45) is 13.0 Å². The zero-order valence-electron chi connectivity index (χ0n) is 19.3. The Morgan fingerprint density at radius 2 is 1.82 bits per heavy atom. The number of hydrogen-bond acceptors (Lipinski definition) is 5. The molecule has 1 unspecified atom stereocenters. The molecule has 3 rings (SSSR count). The molecule has 0 saturated carbocycles. The second-order valence-electron chi connectivity index (χ2n) is 8.42. The van der Waals surface area contributed by atoms with Crippen LogP contribution in [-0.2, 0) is 11.8 Å². The number of carbonyl (C=O) groups is 1. The number of fused-ring (bicyclic) bond motifs is 1. The minimum Gasteiger partial charge on any atom is -0.329 e. The molecule has 0 fully saturated rings. The lowest BCUT2D eigenvalue weighted by Crippen LogP contribution is -2.37. The Morgan fingerprint density at radius 3 is 2.45 bits per heavy atom. The maximum atomic E-state index is 13.2. The molecule has 0 radical (unpaired) electrons. The molecule has 1 aromatic heterocycles. The van der Waals surface area contributed by atoms with Crippen LogP contribution in [0.2, 0.25) is 0 Å². The van der Waals surface area contributed by atoms with Crippen LogP contribution in [0, 0.1) is 16.0 Å². The molecule has 0 N–H and O–H groups in total. The lowest BCUT2D eigenvalue weighted by Gasteiger charge is -2.29. The Balaban J connectivity index is 1.92. The SMILES string of the molecule is CC(C)CCN(C(=O)/C=C/c1ccc([N+](=O)[O-])cc1)C(C)c1nc2ccccc2c(=O)n1C. The second kappa shape index (κ2) is 10.2. The summed E-state index contributed by atoms with van der Waals surface area (Å²) in [6.07, 6.45) is 3.88. The number of benzene rings is 2. The second-order valence-corrected chi connectivity index (χ2v) is 8.42. The van der Waals surface area contributed by atoms with Crippen LogP contribution >= 0.6 is 0 Å². The lowest BCUT2D eigenvalue weighted by molar-refractivity contribution is -0.384. The van der Waals surface area contributed by atoms with Crippen molar-refractivity contribution < 1.29 is 9.72 Å². The average molecular weight is 449 g/mol. The van der Waals surface area contributed by atoms with Gasteiger partial charge in [0.25, 0.3) is 11.2 Å². The summed E-state index contributed by atoms with van der Waals surface area (Å²) in [4.78, 5) is 42.8. The van der Waals surface area contributed by atoms with E-state index in [0.717, 1.165) is 6.42 Å². The largest absolute Gasteiger partial charge is 0.329 e. The first-order valence-electron chi connectivity index (χ1n) is 10.9. The standard InChI is InChI=1S/C25H28N4O4/c1-17(2)15-16-28(23(30)14-11-19-9-12-20(13-10-19)29(32)33)18(3)24-26-22-8-6-5-7-21(22)25(31)27(24)4/h5-14,17-18H,15-16H2,1-4H3/b14-11+. The highest BCUT2D eigenvalue weighted by molar-refractivity contribution is 5.92. The number of amides is 1. The van der Waals surface area contributed by atoms with E-state index in [1.165, 1.54) is 22.8 Å². The van der Waals surface area contributed by atoms with Gasteiger partial charge in [0.15, 0.2) is 0 Å². The van der Waals surface area contributed by atoms with Crippen LogP contribution in [-0.4, -0.2) is 31.8 Å². The first-order valence-corrected chi connectivity index (χ1v) is 10.9. The van der Waals surface area contributed by atoms with Gasteiger partial charge in [0, 0.05) is 31.8 Å². The molecule has 0 aliphatic heterocycles. The van der Waals surface area contributed by atoms with Crippen LogP contribution in [0.5, 0.6) is 0 Å². The topological polar surface area (TPSA) is 98.3 Å². The smallest absolute Gasteiger partial charge is 0.269 e. The number of nitrogens with zero attached hydrogens (tertiary/aromatic N) is 4. The summed E-state index contributed by atoms with van der Waals surface area (Å²) in [7, 11) is 1.67. The minimum atomic E-state index is -0.463. The van der Waals surface area contributed by atoms with Gasteiger partial charge in [-0.05, 0) is 55.2 Å². The van der Waals surface area contributed by atoms with Crippen LogP contribution < -0.4 is 5.56 Å². The fourth-order valence-electron chi connectivity index (χ4n) is 3.61. The van der Waals surface area contributed by atoms with Crippen LogP contribution in [0.4, 0.5) is 5.69 Å². The van der Waals surface area contributed by atoms with E-state index in [4.69, 9.17) is 4.98 Å². The van der Waals surface area contributed by atoms with E-state index in [1.807, 2.05) is 13.0 Å². The van der Waals surface area contributed by atoms with E-state index < -0.39 is 11.0 Å². The van der Waals surface area contributed by atoms with Gasteiger partial charge in [-0.2, -0.15) is 0 Å². The van der Waals surface area contributed by atoms with Gasteiger partial charge in [-0.15, -0.1) is 0 Å². The highest BCUT2D eigenvalue weighted by atomic mass is 16.6. The van der Waals surface area contributed by atoms with Gasteiger partial charge in [-0.3, -0.25) is 24.3 Å². The van der Waals surface area contributed by atoms with Crippen molar-refractivity contribution in [3.05, 3.63) is 86.5 Å². The third-order valence-corrected chi connectivity index (χ3v) is 5.61. The van der Waals surface area contributed by atoms with Crippen LogP contribution in [0.15, 0.2) is 59.4 Å². The predicted molar refractivity (Wildman–Crippen MR) is 129 cm³/mol. The van der Waals surface area contributed by atoms with Gasteiger partial charge in [-0.1, -0.05) is 26.0 Å². The maximum Gasteiger partial charge on any atom is 0.269 e. The summed E-state index contributed by atoms with van der Waals surface area (Å²) in [6, 6.07) is 12.7. The third kappa shape index (κ3) is 5.52. The van der Waals surface area contributed by atoms with Crippen LogP contribution in [0.1, 0.15) is 44.6 Å². The van der Waals surface area contributed by atoms with E-state index in [-0.39, 0.29) is 17.2 Å². The molecule has 0 spiro atoms. The zero-order chi connectivity index (χ0) is 24.1. The third-order valence-electron chi connectivity index (χ3n) is 5.61. The number of para-hydroxylation sites is 1. The number of aromatic nitrogens is 2. The Bertz CT molecular complexity index is 1250. The zero-order valence-corrected chi connectivity index (χ0v) is 19.3. The van der Waals surface area contributed by atoms with Gasteiger partial charge >= 0.3 is 0 Å². The number of nitro groups is 1. The molecule has 0 saturated heterocycles. The summed E-state index contributed by atoms with van der Waals surface area (Å²) < 4.78 is 1.50. The van der Waals surface area contributed by atoms with Gasteiger partial charge in [0.05, 0.1) is 21.9 Å². The van der Waals surface area contributed by atoms with E-state index in [0.29, 0.717) is 34.8 Å². The average Bonchev–Trinajstić information content (AvgIpc) is 2.80. The fraction of sp³-hybridized carbons (Fsp3) is 0.320. The lowest BCUT2D eigenvalue weighted by atomic mass is 10.1. The van der Waals surface area contributed by atoms with Crippen molar-refractivity contribution in [3.63, 3.8) is 0 Å². The van der Waals surface area contributed by atoms with E-state index in [1.54, 1.807) is 48.4 Å². The van der Waals surface area contributed by atoms with Crippen molar-refractivity contribution in [1.82, 2.24) is 14.5 Å². The van der Waals surface area contributed by atoms with Gasteiger partial charge in [-0.25, -0.2) is 4.98 Å². The van der Waals surface area contributed by atoms with E-state index in [9.17, 15) is 19.7 Å². The van der Waals surface area contributed by atoms with Crippen molar-refractivity contribution in [2.75, 3.05) is 6.54 Å². The number of hydrogen-bond donors (Lipinski definition) is 0. The van der Waals surface area contributed by atoms with Crippen molar-refractivity contribution in [2.45, 2.75) is 33.2 Å². The molecule has 33 heavy (non-hydrogen) atoms. The summed E-state index contributed by atoms with van der Waals surface area (Å²) >= 11 is 0. The molecule has 3 aromatic rings. The van der Waals surface area contributed by atoms with Gasteiger partial charge in [0.1, 0.15) is 5.82 Å². The van der Waals surface area contributed by atoms with E-state index >= 15 is 0 Å². The molecule has 2 aromatic carbocycles. The monoisotopic (exact) mass is 448 g/mol. The normalized spacial score (nSPS) is 12.4. The molecule has 1 heterocycles. The molecule has 0 bridgehead atoms. The first-order chi connectivity index (χ1) is 15.7. The molecule has 0 aliphatic rings. The van der Waals surface area contributed by atoms with E-state index in [2.05, 4.69) is 13.8 Å². The fourth-order valence-corrected chi connectivity index (χ4v) is 3.61. The Kier molecular flexibility index (Phi) is 7.37. The van der Waals surface area contributed by atoms with Crippen molar-refractivity contribution >= 4 is 28.6 Å². The molecule has 1 amide bonds. The predicted octanol–water partition coefficient (Wildman–Crippen LogP) is 4.49. The Hall–Kier alpha value is -3.81. The van der Waals surface area contributed by atoms with Crippen molar-refractivity contribution in [3.8, 4) is 0 Å². The van der Waals surface area contributed by atoms with Crippen molar-refractivity contribution in [1.29, 1.82) is 0 Å². The number of carbonyl (C=O) groups excluding carboxylic acids is 1. The highest BCUT2D eigenvalue weighted by Gasteiger charge is 2.24. The molecular weight excluding hydrogens is 420 g/mol. The molecular formula is C25H28N4O4. The first kappa shape index (κ1) is 23.8. The highest BCUT2D eigenvalue weighted by Crippen LogP contribution is 2.22. The molecule has 8 nitrogen and oxygen atoms in total. The number of nitro benzene ring substituents is 1. The molecule has 1 atom stereocenters. The molecule has 0 aliphatic carbocycles. The van der Waals surface area contributed by atoms with Gasteiger partial charge < -0.3 is 4.90 Å².